The summed E-state index contributed by atoms with van der Waals surface area (Å²) in [7, 11) is 0. The summed E-state index contributed by atoms with van der Waals surface area (Å²) < 4.78 is 0.881. The molecule has 0 fully saturated rings. The first-order valence-electron chi connectivity index (χ1n) is 4.42. The minimum Gasteiger partial charge on any atom is -0.251 e. The molecule has 0 N–H and O–H groups in total. The van der Waals surface area contributed by atoms with Crippen LogP contribution in [0.15, 0.2) is 16.6 Å². The van der Waals surface area contributed by atoms with Gasteiger partial charge in [0.1, 0.15) is 0 Å². The van der Waals surface area contributed by atoms with Crippen molar-refractivity contribution < 1.29 is 0 Å². The number of halogens is 3. The third-order valence-corrected chi connectivity index (χ3v) is 4.32. The molecule has 0 saturated heterocycles. The van der Waals surface area contributed by atoms with Gasteiger partial charge in [-0.1, -0.05) is 29.3 Å². The molecule has 0 unspecified atom stereocenters. The first-order valence-corrected chi connectivity index (χ1v) is 5.97. The summed E-state index contributed by atoms with van der Waals surface area (Å²) in [5, 5.41) is 2.38. The molecule has 0 aliphatic heterocycles. The zero-order chi connectivity index (χ0) is 11.2. The predicted octanol–water partition coefficient (Wildman–Crippen LogP) is 4.92. The smallest absolute Gasteiger partial charge is 0.0767 e. The molecule has 1 heterocycles. The van der Waals surface area contributed by atoms with Crippen LogP contribution in [0.3, 0.4) is 0 Å². The van der Waals surface area contributed by atoms with E-state index in [1.165, 1.54) is 0 Å². The van der Waals surface area contributed by atoms with Gasteiger partial charge in [-0.05, 0) is 41.4 Å². The Labute approximate surface area is 107 Å². The lowest BCUT2D eigenvalue weighted by Crippen LogP contribution is -1.91. The van der Waals surface area contributed by atoms with E-state index >= 15 is 0 Å². The molecule has 15 heavy (non-hydrogen) atoms. The summed E-state index contributed by atoms with van der Waals surface area (Å²) in [6.07, 6.45) is 0. The first kappa shape index (κ1) is 11.2. The fourth-order valence-corrected chi connectivity index (χ4v) is 2.39. The fraction of sp³-hybridized carbons (Fsp3) is 0.182. The number of rotatable bonds is 0. The predicted molar refractivity (Wildman–Crippen MR) is 68.9 cm³/mol. The zero-order valence-electron chi connectivity index (χ0n) is 8.24. The van der Waals surface area contributed by atoms with Crippen molar-refractivity contribution >= 4 is 50.0 Å². The highest BCUT2D eigenvalue weighted by molar-refractivity contribution is 9.10. The third kappa shape index (κ3) is 1.75. The molecule has 0 amide bonds. The van der Waals surface area contributed by atoms with Crippen molar-refractivity contribution in [2.24, 2.45) is 0 Å². The van der Waals surface area contributed by atoms with E-state index < -0.39 is 0 Å². The van der Waals surface area contributed by atoms with Crippen molar-refractivity contribution in [3.05, 3.63) is 37.9 Å². The summed E-state index contributed by atoms with van der Waals surface area (Å²) >= 11 is 15.6. The molecular formula is C11H8BrCl2N. The molecule has 0 atom stereocenters. The molecule has 4 heteroatoms. The van der Waals surface area contributed by atoms with Gasteiger partial charge in [0.05, 0.1) is 16.2 Å². The highest BCUT2D eigenvalue weighted by Crippen LogP contribution is 2.35. The van der Waals surface area contributed by atoms with Gasteiger partial charge in [0.15, 0.2) is 0 Å². The van der Waals surface area contributed by atoms with Crippen LogP contribution >= 0.6 is 39.1 Å². The van der Waals surface area contributed by atoms with E-state index in [9.17, 15) is 0 Å². The number of benzene rings is 1. The van der Waals surface area contributed by atoms with E-state index in [1.807, 2.05) is 26.0 Å². The second-order valence-corrected chi connectivity index (χ2v) is 4.97. The summed E-state index contributed by atoms with van der Waals surface area (Å²) in [6.45, 7) is 3.84. The van der Waals surface area contributed by atoms with Crippen LogP contribution in [0.4, 0.5) is 0 Å². The normalized spacial score (nSPS) is 11.0. The van der Waals surface area contributed by atoms with Crippen molar-refractivity contribution in [1.29, 1.82) is 0 Å². The van der Waals surface area contributed by atoms with Gasteiger partial charge in [-0.2, -0.15) is 0 Å². The molecular weight excluding hydrogens is 297 g/mol. The van der Waals surface area contributed by atoms with Crippen LogP contribution in [0.25, 0.3) is 10.9 Å². The molecule has 0 bridgehead atoms. The molecule has 2 rings (SSSR count). The second-order valence-electron chi connectivity index (χ2n) is 3.39. The molecule has 0 saturated carbocycles. The van der Waals surface area contributed by atoms with Gasteiger partial charge in [0, 0.05) is 14.9 Å². The van der Waals surface area contributed by atoms with Crippen molar-refractivity contribution in [2.45, 2.75) is 13.8 Å². The molecule has 0 radical (unpaired) electrons. The maximum absolute atomic E-state index is 6.11. The van der Waals surface area contributed by atoms with E-state index in [4.69, 9.17) is 23.2 Å². The number of aromatic nitrogens is 1. The highest BCUT2D eigenvalue weighted by Gasteiger charge is 2.11. The Hall–Kier alpha value is -0.310. The maximum atomic E-state index is 6.11. The Morgan fingerprint density at radius 3 is 2.53 bits per heavy atom. The number of fused-ring (bicyclic) bond motifs is 1. The second kappa shape index (κ2) is 3.93. The van der Waals surface area contributed by atoms with Crippen LogP contribution in [0.2, 0.25) is 10.0 Å². The van der Waals surface area contributed by atoms with Crippen molar-refractivity contribution in [1.82, 2.24) is 4.98 Å². The Bertz CT molecular complexity index is 552. The van der Waals surface area contributed by atoms with Crippen LogP contribution in [0, 0.1) is 13.8 Å². The van der Waals surface area contributed by atoms with Gasteiger partial charge in [0.25, 0.3) is 0 Å². The molecule has 0 aliphatic rings. The average Bonchev–Trinajstić information content (AvgIpc) is 2.21. The maximum Gasteiger partial charge on any atom is 0.0767 e. The molecule has 2 aromatic rings. The zero-order valence-corrected chi connectivity index (χ0v) is 11.3. The summed E-state index contributed by atoms with van der Waals surface area (Å²) in [4.78, 5) is 4.45. The van der Waals surface area contributed by atoms with Gasteiger partial charge >= 0.3 is 0 Å². The molecule has 78 valence electrons. The number of hydrogen-bond donors (Lipinski definition) is 0. The number of hydrogen-bond acceptors (Lipinski definition) is 1. The number of nitrogens with zero attached hydrogens (tertiary/aromatic N) is 1. The van der Waals surface area contributed by atoms with Gasteiger partial charge in [-0.25, -0.2) is 0 Å². The van der Waals surface area contributed by atoms with E-state index in [0.29, 0.717) is 5.02 Å². The van der Waals surface area contributed by atoms with Crippen LogP contribution in [0.5, 0.6) is 0 Å². The minimum absolute atomic E-state index is 0.657. The van der Waals surface area contributed by atoms with Gasteiger partial charge in [-0.3, -0.25) is 4.98 Å². The van der Waals surface area contributed by atoms with Crippen LogP contribution in [0.1, 0.15) is 11.3 Å². The van der Waals surface area contributed by atoms with E-state index in [0.717, 1.165) is 31.7 Å². The summed E-state index contributed by atoms with van der Waals surface area (Å²) in [5.41, 5.74) is 2.69. The van der Waals surface area contributed by atoms with E-state index in [-0.39, 0.29) is 0 Å². The monoisotopic (exact) mass is 303 g/mol. The standard InChI is InChI=1S/C11H8BrCl2N/c1-5-8(13)4-3-7-9(12)10(14)6(2)15-11(5)7/h3-4H,1-2H3. The topological polar surface area (TPSA) is 12.9 Å². The Morgan fingerprint density at radius 2 is 1.87 bits per heavy atom. The van der Waals surface area contributed by atoms with Crippen LogP contribution < -0.4 is 0 Å². The molecule has 1 aromatic carbocycles. The Kier molecular flexibility index (Phi) is 2.93. The van der Waals surface area contributed by atoms with Crippen molar-refractivity contribution in [3.63, 3.8) is 0 Å². The molecule has 0 spiro atoms. The quantitative estimate of drug-likeness (QED) is 0.673. The van der Waals surface area contributed by atoms with Gasteiger partial charge in [-0.15, -0.1) is 0 Å². The van der Waals surface area contributed by atoms with Gasteiger partial charge < -0.3 is 0 Å². The fourth-order valence-electron chi connectivity index (χ4n) is 1.49. The molecule has 1 aromatic heterocycles. The lowest BCUT2D eigenvalue weighted by Gasteiger charge is -2.08. The largest absolute Gasteiger partial charge is 0.251 e. The van der Waals surface area contributed by atoms with Crippen molar-refractivity contribution in [3.8, 4) is 0 Å². The van der Waals surface area contributed by atoms with Crippen LogP contribution in [-0.4, -0.2) is 4.98 Å². The SMILES string of the molecule is Cc1nc2c(C)c(Cl)ccc2c(Br)c1Cl. The van der Waals surface area contributed by atoms with Crippen molar-refractivity contribution in [2.75, 3.05) is 0 Å². The van der Waals surface area contributed by atoms with Gasteiger partial charge in [0.2, 0.25) is 0 Å². The average molecular weight is 305 g/mol. The minimum atomic E-state index is 0.657. The summed E-state index contributed by atoms with van der Waals surface area (Å²) in [6, 6.07) is 3.78. The summed E-state index contributed by atoms with van der Waals surface area (Å²) in [5.74, 6) is 0. The Balaban J connectivity index is 2.98. The first-order chi connectivity index (χ1) is 7.02. The highest BCUT2D eigenvalue weighted by atomic mass is 79.9. The number of pyridine rings is 1. The third-order valence-electron chi connectivity index (χ3n) is 2.39. The number of aryl methyl sites for hydroxylation is 2. The molecule has 0 aliphatic carbocycles. The van der Waals surface area contributed by atoms with Crippen LogP contribution in [-0.2, 0) is 0 Å². The molecule has 1 nitrogen and oxygen atoms in total. The van der Waals surface area contributed by atoms with E-state index in [2.05, 4.69) is 20.9 Å². The lowest BCUT2D eigenvalue weighted by molar-refractivity contribution is 1.23. The Morgan fingerprint density at radius 1 is 1.20 bits per heavy atom. The van der Waals surface area contributed by atoms with E-state index in [1.54, 1.807) is 0 Å². The lowest BCUT2D eigenvalue weighted by atomic mass is 10.1.